The summed E-state index contributed by atoms with van der Waals surface area (Å²) in [6, 6.07) is 3.69. The standard InChI is InChI=1S/C13H15FN4O/c1-3-11-12(7-18(2)17-11)16-13(19)9-5-4-8(14)6-10(9)15/h4-7H,3,15H2,1-2H3,(H,16,19). The fourth-order valence-electron chi connectivity index (χ4n) is 1.83. The van der Waals surface area contributed by atoms with E-state index in [4.69, 9.17) is 5.73 Å². The molecule has 1 aromatic heterocycles. The molecule has 0 saturated heterocycles. The molecule has 0 atom stereocenters. The van der Waals surface area contributed by atoms with Crippen LogP contribution >= 0.6 is 0 Å². The number of hydrogen-bond donors (Lipinski definition) is 2. The molecule has 5 nitrogen and oxygen atoms in total. The van der Waals surface area contributed by atoms with Gasteiger partial charge < -0.3 is 11.1 Å². The number of carbonyl (C=O) groups excluding carboxylic acids is 1. The summed E-state index contributed by atoms with van der Waals surface area (Å²) in [5.41, 5.74) is 7.41. The summed E-state index contributed by atoms with van der Waals surface area (Å²) in [6.45, 7) is 1.95. The van der Waals surface area contributed by atoms with E-state index in [-0.39, 0.29) is 17.2 Å². The molecule has 0 saturated carbocycles. The minimum Gasteiger partial charge on any atom is -0.398 e. The number of carbonyl (C=O) groups is 1. The fraction of sp³-hybridized carbons (Fsp3) is 0.231. The van der Waals surface area contributed by atoms with Gasteiger partial charge in [-0.15, -0.1) is 0 Å². The van der Waals surface area contributed by atoms with Crippen LogP contribution in [0.4, 0.5) is 15.8 Å². The third-order valence-electron chi connectivity index (χ3n) is 2.75. The van der Waals surface area contributed by atoms with E-state index in [1.807, 2.05) is 6.92 Å². The molecule has 2 rings (SSSR count). The van der Waals surface area contributed by atoms with E-state index in [9.17, 15) is 9.18 Å². The van der Waals surface area contributed by atoms with Crippen LogP contribution in [0, 0.1) is 5.82 Å². The second-order valence-electron chi connectivity index (χ2n) is 4.20. The summed E-state index contributed by atoms with van der Waals surface area (Å²) in [5, 5.41) is 6.96. The van der Waals surface area contributed by atoms with Crippen LogP contribution in [-0.2, 0) is 13.5 Å². The van der Waals surface area contributed by atoms with Gasteiger partial charge in [-0.25, -0.2) is 4.39 Å². The van der Waals surface area contributed by atoms with Gasteiger partial charge in [-0.2, -0.15) is 5.10 Å². The molecule has 3 N–H and O–H groups in total. The number of aryl methyl sites for hydroxylation is 2. The van der Waals surface area contributed by atoms with Gasteiger partial charge in [0.1, 0.15) is 5.82 Å². The molecule has 6 heteroatoms. The number of rotatable bonds is 3. The Labute approximate surface area is 110 Å². The maximum absolute atomic E-state index is 12.9. The average Bonchev–Trinajstić information content (AvgIpc) is 2.69. The van der Waals surface area contributed by atoms with E-state index >= 15 is 0 Å². The monoisotopic (exact) mass is 262 g/mol. The number of hydrogen-bond acceptors (Lipinski definition) is 3. The highest BCUT2D eigenvalue weighted by Crippen LogP contribution is 2.18. The van der Waals surface area contributed by atoms with Gasteiger partial charge in [0.05, 0.1) is 16.9 Å². The maximum atomic E-state index is 12.9. The summed E-state index contributed by atoms with van der Waals surface area (Å²) in [7, 11) is 1.78. The quantitative estimate of drug-likeness (QED) is 0.830. The molecule has 1 aromatic carbocycles. The number of halogens is 1. The van der Waals surface area contributed by atoms with Gasteiger partial charge in [0.15, 0.2) is 0 Å². The lowest BCUT2D eigenvalue weighted by molar-refractivity contribution is 0.102. The van der Waals surface area contributed by atoms with Crippen molar-refractivity contribution in [3.05, 3.63) is 41.5 Å². The lowest BCUT2D eigenvalue weighted by atomic mass is 10.1. The zero-order chi connectivity index (χ0) is 14.0. The highest BCUT2D eigenvalue weighted by atomic mass is 19.1. The molecule has 1 heterocycles. The smallest absolute Gasteiger partial charge is 0.257 e. The molecular formula is C13H15FN4O. The van der Waals surface area contributed by atoms with Crippen LogP contribution in [0.5, 0.6) is 0 Å². The number of nitrogens with one attached hydrogen (secondary N) is 1. The Bertz CT molecular complexity index is 621. The first-order valence-electron chi connectivity index (χ1n) is 5.90. The van der Waals surface area contributed by atoms with Gasteiger partial charge in [-0.05, 0) is 24.6 Å². The Morgan fingerprint density at radius 3 is 2.89 bits per heavy atom. The van der Waals surface area contributed by atoms with E-state index in [1.165, 1.54) is 12.1 Å². The number of benzene rings is 1. The van der Waals surface area contributed by atoms with Gasteiger partial charge in [-0.3, -0.25) is 9.48 Å². The van der Waals surface area contributed by atoms with Gasteiger partial charge >= 0.3 is 0 Å². The van der Waals surface area contributed by atoms with Crippen molar-refractivity contribution < 1.29 is 9.18 Å². The third-order valence-corrected chi connectivity index (χ3v) is 2.75. The van der Waals surface area contributed by atoms with Crippen molar-refractivity contribution in [1.82, 2.24) is 9.78 Å². The predicted molar refractivity (Wildman–Crippen MR) is 71.4 cm³/mol. The summed E-state index contributed by atoms with van der Waals surface area (Å²) in [5.74, 6) is -0.843. The molecule has 2 aromatic rings. The Morgan fingerprint density at radius 1 is 1.53 bits per heavy atom. The maximum Gasteiger partial charge on any atom is 0.257 e. The van der Waals surface area contributed by atoms with E-state index in [0.29, 0.717) is 12.1 Å². The highest BCUT2D eigenvalue weighted by molar-refractivity contribution is 6.07. The molecule has 100 valence electrons. The SMILES string of the molecule is CCc1nn(C)cc1NC(=O)c1ccc(F)cc1N. The van der Waals surface area contributed by atoms with Crippen LogP contribution in [-0.4, -0.2) is 15.7 Å². The van der Waals surface area contributed by atoms with Crippen molar-refractivity contribution in [3.8, 4) is 0 Å². The van der Waals surface area contributed by atoms with Gasteiger partial charge in [-0.1, -0.05) is 6.92 Å². The number of nitrogens with zero attached hydrogens (tertiary/aromatic N) is 2. The van der Waals surface area contributed by atoms with Crippen LogP contribution < -0.4 is 11.1 Å². The van der Waals surface area contributed by atoms with E-state index in [0.717, 1.165) is 11.8 Å². The second kappa shape index (κ2) is 5.09. The molecule has 0 aliphatic heterocycles. The van der Waals surface area contributed by atoms with Gasteiger partial charge in [0.25, 0.3) is 5.91 Å². The first-order chi connectivity index (χ1) is 9.01. The van der Waals surface area contributed by atoms with E-state index in [1.54, 1.807) is 17.9 Å². The zero-order valence-electron chi connectivity index (χ0n) is 10.8. The number of anilines is 2. The van der Waals surface area contributed by atoms with E-state index in [2.05, 4.69) is 10.4 Å². The molecule has 0 bridgehead atoms. The largest absolute Gasteiger partial charge is 0.398 e. The molecular weight excluding hydrogens is 247 g/mol. The summed E-state index contributed by atoms with van der Waals surface area (Å²) in [6.07, 6.45) is 2.42. The van der Waals surface area contributed by atoms with Crippen molar-refractivity contribution in [2.45, 2.75) is 13.3 Å². The molecule has 0 radical (unpaired) electrons. The number of nitrogens with two attached hydrogens (primary N) is 1. The van der Waals surface area contributed by atoms with Crippen LogP contribution in [0.15, 0.2) is 24.4 Å². The first kappa shape index (κ1) is 13.1. The molecule has 1 amide bonds. The highest BCUT2D eigenvalue weighted by Gasteiger charge is 2.14. The summed E-state index contributed by atoms with van der Waals surface area (Å²) < 4.78 is 14.6. The summed E-state index contributed by atoms with van der Waals surface area (Å²) in [4.78, 5) is 12.1. The number of nitrogen functional groups attached to an aromatic ring is 1. The Morgan fingerprint density at radius 2 is 2.26 bits per heavy atom. The van der Waals surface area contributed by atoms with Crippen molar-refractivity contribution in [2.24, 2.45) is 7.05 Å². The zero-order valence-corrected chi connectivity index (χ0v) is 10.8. The predicted octanol–water partition coefficient (Wildman–Crippen LogP) is 1.96. The Kier molecular flexibility index (Phi) is 3.50. The summed E-state index contributed by atoms with van der Waals surface area (Å²) >= 11 is 0. The minimum atomic E-state index is -0.468. The van der Waals surface area contributed by atoms with Crippen molar-refractivity contribution >= 4 is 17.3 Å². The van der Waals surface area contributed by atoms with Crippen LogP contribution in [0.1, 0.15) is 23.0 Å². The fourth-order valence-corrected chi connectivity index (χ4v) is 1.83. The van der Waals surface area contributed by atoms with Crippen molar-refractivity contribution in [2.75, 3.05) is 11.1 Å². The van der Waals surface area contributed by atoms with Crippen LogP contribution in [0.2, 0.25) is 0 Å². The number of amides is 1. The second-order valence-corrected chi connectivity index (χ2v) is 4.20. The molecule has 0 spiro atoms. The molecule has 0 aliphatic carbocycles. The Hall–Kier alpha value is -2.37. The van der Waals surface area contributed by atoms with Crippen molar-refractivity contribution in [3.63, 3.8) is 0 Å². The lowest BCUT2D eigenvalue weighted by Gasteiger charge is -2.07. The molecule has 19 heavy (non-hydrogen) atoms. The number of aromatic nitrogens is 2. The van der Waals surface area contributed by atoms with Crippen LogP contribution in [0.25, 0.3) is 0 Å². The molecule has 0 aliphatic rings. The van der Waals surface area contributed by atoms with Crippen LogP contribution in [0.3, 0.4) is 0 Å². The van der Waals surface area contributed by atoms with Gasteiger partial charge in [0.2, 0.25) is 0 Å². The molecule has 0 fully saturated rings. The minimum absolute atomic E-state index is 0.111. The van der Waals surface area contributed by atoms with E-state index < -0.39 is 5.82 Å². The average molecular weight is 262 g/mol. The topological polar surface area (TPSA) is 72.9 Å². The Balaban J connectivity index is 2.25. The van der Waals surface area contributed by atoms with Gasteiger partial charge in [0, 0.05) is 18.9 Å². The normalized spacial score (nSPS) is 10.5. The van der Waals surface area contributed by atoms with Crippen molar-refractivity contribution in [1.29, 1.82) is 0 Å². The third kappa shape index (κ3) is 2.73. The first-order valence-corrected chi connectivity index (χ1v) is 5.90. The molecule has 0 unspecified atom stereocenters. The lowest BCUT2D eigenvalue weighted by Crippen LogP contribution is -2.14.